The van der Waals surface area contributed by atoms with Crippen LogP contribution in [-0.4, -0.2) is 11.0 Å². The van der Waals surface area contributed by atoms with Gasteiger partial charge in [0.05, 0.1) is 11.1 Å². The summed E-state index contributed by atoms with van der Waals surface area (Å²) in [5, 5.41) is 4.47. The van der Waals surface area contributed by atoms with Crippen molar-refractivity contribution in [2.45, 2.75) is 0 Å². The van der Waals surface area contributed by atoms with E-state index in [1.165, 1.54) is 12.3 Å². The molecule has 0 saturated heterocycles. The molecule has 0 aliphatic carbocycles. The van der Waals surface area contributed by atoms with Crippen LogP contribution in [0.1, 0.15) is 0 Å². The Bertz CT molecular complexity index is 955. The summed E-state index contributed by atoms with van der Waals surface area (Å²) in [6.07, 6.45) is 1.41. The van der Waals surface area contributed by atoms with Gasteiger partial charge in [-0.1, -0.05) is 18.2 Å². The van der Waals surface area contributed by atoms with Crippen LogP contribution in [0, 0.1) is 0 Å². The molecule has 1 heterocycles. The quantitative estimate of drug-likeness (QED) is 0.683. The van der Waals surface area contributed by atoms with E-state index in [2.05, 4.69) is 10.1 Å². The molecule has 7 heteroatoms. The average molecular weight is 294 g/mol. The highest BCUT2D eigenvalue weighted by Crippen LogP contribution is 2.12. The Kier molecular flexibility index (Phi) is 3.23. The van der Waals surface area contributed by atoms with E-state index in [4.69, 9.17) is 5.73 Å². The van der Waals surface area contributed by atoms with Gasteiger partial charge in [0.15, 0.2) is 5.36 Å². The second-order valence-corrected chi connectivity index (χ2v) is 4.49. The molecule has 0 saturated carbocycles. The molecule has 0 unspecified atom stereocenters. The molecule has 2 aromatic carbocycles. The van der Waals surface area contributed by atoms with Crippen LogP contribution in [0.3, 0.4) is 0 Å². The molecule has 2 amide bonds. The number of benzene rings is 1. The summed E-state index contributed by atoms with van der Waals surface area (Å²) in [7, 11) is 0. The molecule has 0 bridgehead atoms. The van der Waals surface area contributed by atoms with E-state index >= 15 is 0 Å². The third kappa shape index (κ3) is 2.14. The second kappa shape index (κ2) is 5.21. The third-order valence-electron chi connectivity index (χ3n) is 3.11. The van der Waals surface area contributed by atoms with Gasteiger partial charge in [0.1, 0.15) is 5.52 Å². The van der Waals surface area contributed by atoms with Gasteiger partial charge >= 0.3 is 6.03 Å². The van der Waals surface area contributed by atoms with Crippen molar-refractivity contribution in [3.63, 3.8) is 0 Å². The van der Waals surface area contributed by atoms with Gasteiger partial charge in [0.2, 0.25) is 10.9 Å². The van der Waals surface area contributed by atoms with E-state index in [-0.39, 0.29) is 16.3 Å². The van der Waals surface area contributed by atoms with E-state index in [1.54, 1.807) is 36.4 Å². The number of carbonyl (C=O) groups is 1. The van der Waals surface area contributed by atoms with Gasteiger partial charge in [0.25, 0.3) is 0 Å². The maximum absolute atomic E-state index is 12.2. The Balaban J connectivity index is 2.29. The minimum absolute atomic E-state index is 0.0312. The summed E-state index contributed by atoms with van der Waals surface area (Å²) >= 11 is 0. The first-order chi connectivity index (χ1) is 10.6. The van der Waals surface area contributed by atoms with Crippen LogP contribution in [0.4, 0.5) is 10.5 Å². The van der Waals surface area contributed by atoms with Crippen LogP contribution in [-0.2, 0) is 0 Å². The number of hydrogen-bond donors (Lipinski definition) is 1. The molecule has 0 aliphatic heterocycles. The predicted octanol–water partition coefficient (Wildman–Crippen LogP) is 0.232. The van der Waals surface area contributed by atoms with E-state index < -0.39 is 16.9 Å². The van der Waals surface area contributed by atoms with Crippen molar-refractivity contribution in [1.29, 1.82) is 0 Å². The van der Waals surface area contributed by atoms with Crippen molar-refractivity contribution < 1.29 is 4.79 Å². The van der Waals surface area contributed by atoms with Crippen LogP contribution in [0.15, 0.2) is 63.4 Å². The molecule has 22 heavy (non-hydrogen) atoms. The first kappa shape index (κ1) is 13.6. The zero-order valence-electron chi connectivity index (χ0n) is 11.3. The number of nitrogens with two attached hydrogens (primary N) is 1. The number of pyridine rings is 1. The van der Waals surface area contributed by atoms with E-state index in [9.17, 15) is 14.4 Å². The van der Waals surface area contributed by atoms with Gasteiger partial charge in [0, 0.05) is 6.20 Å². The molecule has 1 aromatic heterocycles. The number of carbonyl (C=O) groups excluding carboxylic acids is 1. The molecule has 7 nitrogen and oxygen atoms in total. The molecular weight excluding hydrogens is 284 g/mol. The van der Waals surface area contributed by atoms with E-state index in [1.807, 2.05) is 0 Å². The van der Waals surface area contributed by atoms with Crippen molar-refractivity contribution in [3.05, 3.63) is 74.5 Å². The Morgan fingerprint density at radius 1 is 1.05 bits per heavy atom. The number of primary amides is 1. The first-order valence-corrected chi connectivity index (χ1v) is 6.37. The summed E-state index contributed by atoms with van der Waals surface area (Å²) < 4.78 is 0. The third-order valence-corrected chi connectivity index (χ3v) is 3.11. The van der Waals surface area contributed by atoms with Crippen LogP contribution >= 0.6 is 0 Å². The number of hydrogen-bond acceptors (Lipinski definition) is 5. The van der Waals surface area contributed by atoms with Gasteiger partial charge in [-0.25, -0.2) is 4.79 Å². The van der Waals surface area contributed by atoms with Crippen LogP contribution in [0.2, 0.25) is 0 Å². The summed E-state index contributed by atoms with van der Waals surface area (Å²) in [6.45, 7) is 0. The molecule has 0 atom stereocenters. The maximum atomic E-state index is 12.2. The Labute approximate surface area is 123 Å². The maximum Gasteiger partial charge on any atom is 0.340 e. The van der Waals surface area contributed by atoms with Crippen molar-refractivity contribution >= 4 is 22.6 Å². The summed E-state index contributed by atoms with van der Waals surface area (Å²) in [4.78, 5) is 39.9. The number of nitrogens with zero attached hydrogens (tertiary/aromatic N) is 3. The van der Waals surface area contributed by atoms with Crippen molar-refractivity contribution in [1.82, 2.24) is 4.98 Å². The van der Waals surface area contributed by atoms with E-state index in [0.29, 0.717) is 5.69 Å². The molecule has 3 aromatic rings. The zero-order chi connectivity index (χ0) is 15.7. The monoisotopic (exact) mass is 294 g/mol. The number of rotatable bonds is 2. The highest BCUT2D eigenvalue weighted by molar-refractivity contribution is 5.90. The Hall–Kier alpha value is -3.35. The van der Waals surface area contributed by atoms with Gasteiger partial charge in [-0.2, -0.15) is 10.1 Å². The SMILES string of the molecule is NC(=O)N(/N=c1\c(=O)c2cccnc2c1=O)c1ccccc1. The fourth-order valence-corrected chi connectivity index (χ4v) is 2.11. The molecule has 0 aliphatic rings. The van der Waals surface area contributed by atoms with E-state index in [0.717, 1.165) is 5.01 Å². The number of anilines is 1. The lowest BCUT2D eigenvalue weighted by atomic mass is 10.3. The molecule has 3 rings (SSSR count). The number of para-hydroxylation sites is 1. The fraction of sp³-hybridized carbons (Fsp3) is 0. The van der Waals surface area contributed by atoms with Gasteiger partial charge in [-0.3, -0.25) is 14.6 Å². The lowest BCUT2D eigenvalue weighted by Crippen LogP contribution is -2.40. The summed E-state index contributed by atoms with van der Waals surface area (Å²) in [5.41, 5.74) is 4.47. The fourth-order valence-electron chi connectivity index (χ4n) is 2.11. The molecule has 2 N–H and O–H groups in total. The topological polar surface area (TPSA) is 106 Å². The molecule has 0 spiro atoms. The average Bonchev–Trinajstić information content (AvgIpc) is 2.78. The number of aromatic nitrogens is 1. The minimum Gasteiger partial charge on any atom is -0.350 e. The molecule has 108 valence electrons. The predicted molar refractivity (Wildman–Crippen MR) is 80.7 cm³/mol. The van der Waals surface area contributed by atoms with Crippen molar-refractivity contribution in [2.24, 2.45) is 10.8 Å². The lowest BCUT2D eigenvalue weighted by molar-refractivity contribution is 0.254. The van der Waals surface area contributed by atoms with Crippen molar-refractivity contribution in [3.8, 4) is 0 Å². The second-order valence-electron chi connectivity index (χ2n) is 4.49. The standard InChI is InChI=1S/C15H10N4O3/c16-15(22)19(9-5-2-1-3-6-9)18-12-13(20)10-7-4-8-17-11(10)14(12)21/h1-8H,(H2,16,22)/b18-12+. The lowest BCUT2D eigenvalue weighted by Gasteiger charge is -2.12. The highest BCUT2D eigenvalue weighted by Gasteiger charge is 2.16. The Morgan fingerprint density at radius 3 is 2.41 bits per heavy atom. The Morgan fingerprint density at radius 2 is 1.77 bits per heavy atom. The van der Waals surface area contributed by atoms with Gasteiger partial charge in [-0.15, -0.1) is 0 Å². The van der Waals surface area contributed by atoms with Gasteiger partial charge < -0.3 is 5.73 Å². The van der Waals surface area contributed by atoms with Crippen LogP contribution in [0.5, 0.6) is 0 Å². The largest absolute Gasteiger partial charge is 0.350 e. The van der Waals surface area contributed by atoms with Crippen LogP contribution < -0.4 is 27.0 Å². The summed E-state index contributed by atoms with van der Waals surface area (Å²) in [6, 6.07) is 10.4. The first-order valence-electron chi connectivity index (χ1n) is 6.37. The van der Waals surface area contributed by atoms with Crippen LogP contribution in [0.25, 0.3) is 10.9 Å². The number of amides is 2. The molecule has 0 fully saturated rings. The van der Waals surface area contributed by atoms with Crippen molar-refractivity contribution in [2.75, 3.05) is 5.01 Å². The zero-order valence-corrected chi connectivity index (χ0v) is 11.3. The number of urea groups is 1. The normalized spacial score (nSPS) is 11.7. The molecular formula is C15H10N4O3. The minimum atomic E-state index is -0.900. The van der Waals surface area contributed by atoms with Gasteiger partial charge in [-0.05, 0) is 24.3 Å². The smallest absolute Gasteiger partial charge is 0.340 e. The molecule has 0 radical (unpaired) electrons. The number of fused-ring (bicyclic) bond motifs is 1. The summed E-state index contributed by atoms with van der Waals surface area (Å²) in [5.74, 6) is 0. The highest BCUT2D eigenvalue weighted by atomic mass is 16.2.